The van der Waals surface area contributed by atoms with Crippen molar-refractivity contribution in [3.8, 4) is 12.3 Å². The Morgan fingerprint density at radius 2 is 1.67 bits per heavy atom. The summed E-state index contributed by atoms with van der Waals surface area (Å²) in [4.78, 5) is 0. The highest BCUT2D eigenvalue weighted by molar-refractivity contribution is 8.93. The average Bonchev–Trinajstić information content (AvgIpc) is 1.90. The molecule has 0 spiro atoms. The van der Waals surface area contributed by atoms with Crippen molar-refractivity contribution in [2.75, 3.05) is 0 Å². The van der Waals surface area contributed by atoms with Gasteiger partial charge in [-0.3, -0.25) is 0 Å². The second-order valence-corrected chi connectivity index (χ2v) is 1.51. The van der Waals surface area contributed by atoms with E-state index in [1.165, 1.54) is 0 Å². The molecule has 0 unspecified atom stereocenters. The molecule has 1 aromatic rings. The van der Waals surface area contributed by atoms with Crippen molar-refractivity contribution in [1.29, 1.82) is 0 Å². The van der Waals surface area contributed by atoms with Crippen LogP contribution < -0.4 is 0 Å². The number of benzene rings is 1. The van der Waals surface area contributed by atoms with Crippen molar-refractivity contribution in [3.63, 3.8) is 0 Å². The lowest BCUT2D eigenvalue weighted by Crippen LogP contribution is -1.66. The Balaban J connectivity index is 0.000000640. The van der Waals surface area contributed by atoms with Gasteiger partial charge in [-0.05, 0) is 12.1 Å². The second-order valence-electron chi connectivity index (χ2n) is 1.51. The smallest absolute Gasteiger partial charge is 0.0242 e. The van der Waals surface area contributed by atoms with Gasteiger partial charge in [0.2, 0.25) is 0 Å². The van der Waals surface area contributed by atoms with E-state index < -0.39 is 0 Å². The second kappa shape index (κ2) is 4.17. The normalized spacial score (nSPS) is 7.00. The predicted octanol–water partition coefficient (Wildman–Crippen LogP) is 2.25. The van der Waals surface area contributed by atoms with E-state index >= 15 is 0 Å². The molecule has 0 N–H and O–H groups in total. The van der Waals surface area contributed by atoms with Gasteiger partial charge in [-0.2, -0.15) is 0 Å². The van der Waals surface area contributed by atoms with Gasteiger partial charge in [0.1, 0.15) is 0 Å². The maximum atomic E-state index is 5.10. The van der Waals surface area contributed by atoms with Crippen LogP contribution in [-0.2, 0) is 0 Å². The highest BCUT2D eigenvalue weighted by Crippen LogP contribution is 1.92. The first kappa shape index (κ1) is 8.26. The van der Waals surface area contributed by atoms with Crippen molar-refractivity contribution >= 4 is 17.0 Å². The fourth-order valence-electron chi connectivity index (χ4n) is 0.534. The van der Waals surface area contributed by atoms with Crippen LogP contribution in [0.1, 0.15) is 5.56 Å². The van der Waals surface area contributed by atoms with Crippen LogP contribution in [0, 0.1) is 12.3 Å². The molecule has 0 aromatic heterocycles. The largest absolute Gasteiger partial charge is 0.115 e. The summed E-state index contributed by atoms with van der Waals surface area (Å²) in [6.45, 7) is 0. The first-order valence-electron chi connectivity index (χ1n) is 2.45. The maximum absolute atomic E-state index is 5.10. The molecule has 1 rings (SSSR count). The van der Waals surface area contributed by atoms with E-state index in [-0.39, 0.29) is 17.0 Å². The van der Waals surface area contributed by atoms with Crippen LogP contribution >= 0.6 is 17.0 Å². The van der Waals surface area contributed by atoms with Crippen LogP contribution in [0.15, 0.2) is 30.3 Å². The van der Waals surface area contributed by atoms with Gasteiger partial charge in [-0.15, -0.1) is 23.4 Å². The van der Waals surface area contributed by atoms with Crippen molar-refractivity contribution in [2.45, 2.75) is 0 Å². The molecule has 0 nitrogen and oxygen atoms in total. The van der Waals surface area contributed by atoms with Crippen LogP contribution in [0.25, 0.3) is 0 Å². The van der Waals surface area contributed by atoms with E-state index in [1.54, 1.807) is 0 Å². The summed E-state index contributed by atoms with van der Waals surface area (Å²) in [6.07, 6.45) is 5.10. The fraction of sp³-hybridized carbons (Fsp3) is 0. The van der Waals surface area contributed by atoms with Gasteiger partial charge < -0.3 is 0 Å². The molecule has 0 radical (unpaired) electrons. The summed E-state index contributed by atoms with van der Waals surface area (Å²) < 4.78 is 0. The zero-order chi connectivity index (χ0) is 5.82. The molecule has 0 amide bonds. The highest BCUT2D eigenvalue weighted by atomic mass is 79.9. The van der Waals surface area contributed by atoms with E-state index in [2.05, 4.69) is 5.92 Å². The molecule has 9 heavy (non-hydrogen) atoms. The number of rotatable bonds is 0. The molecule has 0 bridgehead atoms. The molecule has 0 saturated carbocycles. The Hall–Kier alpha value is -0.740. The molecule has 0 fully saturated rings. The van der Waals surface area contributed by atoms with Gasteiger partial charge >= 0.3 is 0 Å². The zero-order valence-electron chi connectivity index (χ0n) is 4.87. The van der Waals surface area contributed by atoms with E-state index in [4.69, 9.17) is 6.42 Å². The Morgan fingerprint density at radius 1 is 1.11 bits per heavy atom. The van der Waals surface area contributed by atoms with Crippen LogP contribution in [0.3, 0.4) is 0 Å². The van der Waals surface area contributed by atoms with Crippen LogP contribution in [0.5, 0.6) is 0 Å². The van der Waals surface area contributed by atoms with E-state index in [9.17, 15) is 0 Å². The molecule has 0 atom stereocenters. The fourth-order valence-corrected chi connectivity index (χ4v) is 0.534. The van der Waals surface area contributed by atoms with E-state index in [1.807, 2.05) is 30.3 Å². The number of terminal acetylenes is 1. The lowest BCUT2D eigenvalue weighted by molar-refractivity contribution is 1.65. The number of hydrogen-bond acceptors (Lipinski definition) is 0. The maximum Gasteiger partial charge on any atom is 0.0242 e. The molecular formula is C8H7Br. The zero-order valence-corrected chi connectivity index (χ0v) is 6.59. The third-order valence-corrected chi connectivity index (χ3v) is 0.940. The molecule has 0 aliphatic heterocycles. The van der Waals surface area contributed by atoms with Crippen molar-refractivity contribution < 1.29 is 0 Å². The van der Waals surface area contributed by atoms with Crippen molar-refractivity contribution in [2.24, 2.45) is 0 Å². The van der Waals surface area contributed by atoms with Gasteiger partial charge in [0.15, 0.2) is 0 Å². The lowest BCUT2D eigenvalue weighted by atomic mass is 10.2. The van der Waals surface area contributed by atoms with Crippen molar-refractivity contribution in [3.05, 3.63) is 35.9 Å². The monoisotopic (exact) mass is 182 g/mol. The average molecular weight is 183 g/mol. The van der Waals surface area contributed by atoms with Gasteiger partial charge in [-0.25, -0.2) is 0 Å². The Kier molecular flexibility index (Phi) is 3.83. The molecular weight excluding hydrogens is 176 g/mol. The summed E-state index contributed by atoms with van der Waals surface area (Å²) >= 11 is 0. The van der Waals surface area contributed by atoms with Gasteiger partial charge in [0.05, 0.1) is 0 Å². The first-order chi connectivity index (χ1) is 3.93. The van der Waals surface area contributed by atoms with Crippen LogP contribution in [0.4, 0.5) is 0 Å². The summed E-state index contributed by atoms with van der Waals surface area (Å²) in [5.74, 6) is 2.53. The molecule has 0 heterocycles. The quantitative estimate of drug-likeness (QED) is 0.541. The first-order valence-corrected chi connectivity index (χ1v) is 2.45. The van der Waals surface area contributed by atoms with Crippen molar-refractivity contribution in [1.82, 2.24) is 0 Å². The van der Waals surface area contributed by atoms with Gasteiger partial charge in [0, 0.05) is 5.56 Å². The molecule has 1 aromatic carbocycles. The third-order valence-electron chi connectivity index (χ3n) is 0.940. The predicted molar refractivity (Wildman–Crippen MR) is 44.7 cm³/mol. The Bertz CT molecular complexity index is 196. The molecule has 0 aliphatic carbocycles. The minimum Gasteiger partial charge on any atom is -0.115 e. The Labute approximate surface area is 65.7 Å². The van der Waals surface area contributed by atoms with Crippen LogP contribution in [-0.4, -0.2) is 0 Å². The third kappa shape index (κ3) is 2.34. The van der Waals surface area contributed by atoms with E-state index in [0.29, 0.717) is 0 Å². The molecule has 0 aliphatic rings. The minimum atomic E-state index is 0. The van der Waals surface area contributed by atoms with Gasteiger partial charge in [0.25, 0.3) is 0 Å². The topological polar surface area (TPSA) is 0 Å². The molecule has 46 valence electrons. The summed E-state index contributed by atoms with van der Waals surface area (Å²) in [7, 11) is 0. The Morgan fingerprint density at radius 3 is 2.00 bits per heavy atom. The summed E-state index contributed by atoms with van der Waals surface area (Å²) in [5, 5.41) is 0. The lowest BCUT2D eigenvalue weighted by Gasteiger charge is -1.82. The van der Waals surface area contributed by atoms with Crippen LogP contribution in [0.2, 0.25) is 0 Å². The summed E-state index contributed by atoms with van der Waals surface area (Å²) in [6, 6.07) is 9.60. The van der Waals surface area contributed by atoms with Gasteiger partial charge in [-0.1, -0.05) is 24.1 Å². The molecule has 0 saturated heterocycles. The molecule has 1 heteroatoms. The number of hydrogen-bond donors (Lipinski definition) is 0. The minimum absolute atomic E-state index is 0. The summed E-state index contributed by atoms with van der Waals surface area (Å²) in [5.41, 5.74) is 0.938. The standard InChI is InChI=1S/C8H6.BrH/c1-2-8-6-4-3-5-7-8;/h1,3-7H;1H. The highest BCUT2D eigenvalue weighted by Gasteiger charge is 1.76. The SMILES string of the molecule is Br.C#Cc1ccccc1. The number of halogens is 1. The van der Waals surface area contributed by atoms with E-state index in [0.717, 1.165) is 5.56 Å².